The van der Waals surface area contributed by atoms with Crippen LogP contribution in [0.25, 0.3) is 0 Å². The van der Waals surface area contributed by atoms with Crippen LogP contribution in [0.1, 0.15) is 20.7 Å². The SMILES string of the molecule is CN(C)C(=O)c1ccc(C(=O)C(F)(F)F)cc1. The van der Waals surface area contributed by atoms with E-state index in [2.05, 4.69) is 0 Å². The number of rotatable bonds is 2. The van der Waals surface area contributed by atoms with Crippen molar-refractivity contribution >= 4 is 11.7 Å². The summed E-state index contributed by atoms with van der Waals surface area (Å²) in [5, 5.41) is 0. The van der Waals surface area contributed by atoms with Gasteiger partial charge in [-0.25, -0.2) is 0 Å². The summed E-state index contributed by atoms with van der Waals surface area (Å²) in [7, 11) is 3.05. The number of Topliss-reactive ketones (excluding diaryl/α,β-unsaturated/α-hetero) is 1. The third kappa shape index (κ3) is 3.05. The Balaban J connectivity index is 2.97. The van der Waals surface area contributed by atoms with Gasteiger partial charge in [0.05, 0.1) is 0 Å². The summed E-state index contributed by atoms with van der Waals surface area (Å²) < 4.78 is 36.3. The summed E-state index contributed by atoms with van der Waals surface area (Å²) in [6.07, 6.45) is -4.90. The summed E-state index contributed by atoms with van der Waals surface area (Å²) in [6, 6.07) is 4.38. The van der Waals surface area contributed by atoms with Gasteiger partial charge in [0.25, 0.3) is 11.7 Å². The second-order valence-corrected chi connectivity index (χ2v) is 3.60. The van der Waals surface area contributed by atoms with Gasteiger partial charge in [-0.15, -0.1) is 0 Å². The first-order valence-corrected chi connectivity index (χ1v) is 4.66. The standard InChI is InChI=1S/C11H10F3NO2/c1-15(2)10(17)8-5-3-7(4-6-8)9(16)11(12,13)14/h3-6H,1-2H3. The zero-order valence-electron chi connectivity index (χ0n) is 9.21. The molecule has 1 rings (SSSR count). The molecule has 0 radical (unpaired) electrons. The Kier molecular flexibility index (Phi) is 3.55. The number of carbonyl (C=O) groups is 2. The third-order valence-corrected chi connectivity index (χ3v) is 2.06. The predicted molar refractivity (Wildman–Crippen MR) is 54.8 cm³/mol. The lowest BCUT2D eigenvalue weighted by Crippen LogP contribution is -2.24. The molecular weight excluding hydrogens is 235 g/mol. The number of hydrogen-bond donors (Lipinski definition) is 0. The summed E-state index contributed by atoms with van der Waals surface area (Å²) in [5.74, 6) is -2.25. The molecule has 0 N–H and O–H groups in total. The van der Waals surface area contributed by atoms with Crippen LogP contribution in [0.2, 0.25) is 0 Å². The minimum Gasteiger partial charge on any atom is -0.345 e. The maximum absolute atomic E-state index is 12.1. The molecule has 1 aromatic rings. The maximum Gasteiger partial charge on any atom is 0.454 e. The molecule has 17 heavy (non-hydrogen) atoms. The minimum absolute atomic E-state index is 0.230. The fourth-order valence-corrected chi connectivity index (χ4v) is 1.19. The highest BCUT2D eigenvalue weighted by molar-refractivity contribution is 6.01. The fraction of sp³-hybridized carbons (Fsp3) is 0.273. The van der Waals surface area contributed by atoms with E-state index in [0.717, 1.165) is 12.1 Å². The quantitative estimate of drug-likeness (QED) is 0.748. The molecular formula is C11H10F3NO2. The largest absolute Gasteiger partial charge is 0.454 e. The number of hydrogen-bond acceptors (Lipinski definition) is 2. The van der Waals surface area contributed by atoms with Gasteiger partial charge >= 0.3 is 6.18 Å². The third-order valence-electron chi connectivity index (χ3n) is 2.06. The van der Waals surface area contributed by atoms with Crippen molar-refractivity contribution < 1.29 is 22.8 Å². The van der Waals surface area contributed by atoms with Crippen molar-refractivity contribution in [3.63, 3.8) is 0 Å². The molecule has 0 saturated heterocycles. The van der Waals surface area contributed by atoms with E-state index >= 15 is 0 Å². The summed E-state index contributed by atoms with van der Waals surface area (Å²) in [5.41, 5.74) is -0.249. The molecule has 0 aliphatic rings. The highest BCUT2D eigenvalue weighted by Gasteiger charge is 2.39. The van der Waals surface area contributed by atoms with Gasteiger partial charge in [-0.05, 0) is 12.1 Å². The van der Waals surface area contributed by atoms with E-state index < -0.39 is 17.5 Å². The lowest BCUT2D eigenvalue weighted by molar-refractivity contribution is -0.0885. The second-order valence-electron chi connectivity index (χ2n) is 3.60. The van der Waals surface area contributed by atoms with Crippen LogP contribution < -0.4 is 0 Å². The highest BCUT2D eigenvalue weighted by atomic mass is 19.4. The normalized spacial score (nSPS) is 11.1. The van der Waals surface area contributed by atoms with Gasteiger partial charge in [0.2, 0.25) is 0 Å². The van der Waals surface area contributed by atoms with Crippen LogP contribution in [0, 0.1) is 0 Å². The van der Waals surface area contributed by atoms with E-state index in [-0.39, 0.29) is 11.5 Å². The van der Waals surface area contributed by atoms with Gasteiger partial charge in [0.15, 0.2) is 0 Å². The van der Waals surface area contributed by atoms with E-state index in [9.17, 15) is 22.8 Å². The molecule has 0 aliphatic heterocycles. The first kappa shape index (κ1) is 13.2. The van der Waals surface area contributed by atoms with Crippen LogP contribution in [-0.2, 0) is 0 Å². The first-order chi connectivity index (χ1) is 7.73. The van der Waals surface area contributed by atoms with Crippen LogP contribution in [0.4, 0.5) is 13.2 Å². The summed E-state index contributed by atoms with van der Waals surface area (Å²) in [6.45, 7) is 0. The van der Waals surface area contributed by atoms with Crippen molar-refractivity contribution in [1.29, 1.82) is 0 Å². The Morgan fingerprint density at radius 2 is 1.41 bits per heavy atom. The van der Waals surface area contributed by atoms with Gasteiger partial charge in [-0.1, -0.05) is 12.1 Å². The van der Waals surface area contributed by atoms with Crippen LogP contribution in [-0.4, -0.2) is 36.9 Å². The van der Waals surface area contributed by atoms with Crippen LogP contribution in [0.5, 0.6) is 0 Å². The van der Waals surface area contributed by atoms with E-state index in [0.29, 0.717) is 0 Å². The number of amides is 1. The van der Waals surface area contributed by atoms with Crippen molar-refractivity contribution in [2.75, 3.05) is 14.1 Å². The Hall–Kier alpha value is -1.85. The maximum atomic E-state index is 12.1. The molecule has 0 saturated carbocycles. The van der Waals surface area contributed by atoms with Crippen molar-refractivity contribution in [2.24, 2.45) is 0 Å². The summed E-state index contributed by atoms with van der Waals surface area (Å²) in [4.78, 5) is 23.6. The average molecular weight is 245 g/mol. The van der Waals surface area contributed by atoms with Crippen molar-refractivity contribution in [2.45, 2.75) is 6.18 Å². The zero-order chi connectivity index (χ0) is 13.2. The number of ketones is 1. The minimum atomic E-state index is -4.90. The average Bonchev–Trinajstić information content (AvgIpc) is 2.26. The van der Waals surface area contributed by atoms with Crippen LogP contribution >= 0.6 is 0 Å². The zero-order valence-corrected chi connectivity index (χ0v) is 9.21. The molecule has 0 aliphatic carbocycles. The number of carbonyl (C=O) groups excluding carboxylic acids is 2. The molecule has 0 unspecified atom stereocenters. The Labute approximate surface area is 95.8 Å². The topological polar surface area (TPSA) is 37.4 Å². The second kappa shape index (κ2) is 4.57. The first-order valence-electron chi connectivity index (χ1n) is 4.66. The smallest absolute Gasteiger partial charge is 0.345 e. The van der Waals surface area contributed by atoms with Crippen LogP contribution in [0.3, 0.4) is 0 Å². The molecule has 0 fully saturated rings. The molecule has 0 spiro atoms. The van der Waals surface area contributed by atoms with E-state index in [1.165, 1.54) is 31.1 Å². The number of benzene rings is 1. The fourth-order valence-electron chi connectivity index (χ4n) is 1.19. The number of nitrogens with zero attached hydrogens (tertiary/aromatic N) is 1. The summed E-state index contributed by atoms with van der Waals surface area (Å²) >= 11 is 0. The molecule has 1 amide bonds. The lowest BCUT2D eigenvalue weighted by atomic mass is 10.1. The van der Waals surface area contributed by atoms with Gasteiger partial charge in [-0.3, -0.25) is 9.59 Å². The van der Waals surface area contributed by atoms with Gasteiger partial charge in [0, 0.05) is 25.2 Å². The van der Waals surface area contributed by atoms with E-state index in [1.807, 2.05) is 0 Å². The predicted octanol–water partition coefficient (Wildman–Crippen LogP) is 2.13. The lowest BCUT2D eigenvalue weighted by Gasteiger charge is -2.10. The van der Waals surface area contributed by atoms with Gasteiger partial charge < -0.3 is 4.90 Å². The van der Waals surface area contributed by atoms with Crippen molar-refractivity contribution in [3.8, 4) is 0 Å². The van der Waals surface area contributed by atoms with Crippen molar-refractivity contribution in [3.05, 3.63) is 35.4 Å². The molecule has 92 valence electrons. The molecule has 0 bridgehead atoms. The van der Waals surface area contributed by atoms with Gasteiger partial charge in [0.1, 0.15) is 0 Å². The van der Waals surface area contributed by atoms with E-state index in [1.54, 1.807) is 0 Å². The molecule has 1 aromatic carbocycles. The monoisotopic (exact) mass is 245 g/mol. The van der Waals surface area contributed by atoms with E-state index in [4.69, 9.17) is 0 Å². The number of halogens is 3. The molecule has 0 heterocycles. The molecule has 6 heteroatoms. The Morgan fingerprint density at radius 1 is 1.00 bits per heavy atom. The number of alkyl halides is 3. The molecule has 0 atom stereocenters. The Morgan fingerprint density at radius 3 is 1.76 bits per heavy atom. The Bertz CT molecular complexity index is 435. The van der Waals surface area contributed by atoms with Crippen molar-refractivity contribution in [1.82, 2.24) is 4.90 Å². The van der Waals surface area contributed by atoms with Crippen LogP contribution in [0.15, 0.2) is 24.3 Å². The van der Waals surface area contributed by atoms with Gasteiger partial charge in [-0.2, -0.15) is 13.2 Å². The molecule has 3 nitrogen and oxygen atoms in total. The highest BCUT2D eigenvalue weighted by Crippen LogP contribution is 2.21. The molecule has 0 aromatic heterocycles.